The van der Waals surface area contributed by atoms with Gasteiger partial charge in [-0.25, -0.2) is 0 Å². The first kappa shape index (κ1) is 17.4. The second-order valence-electron chi connectivity index (χ2n) is 5.24. The first-order valence-electron chi connectivity index (χ1n) is 6.43. The summed E-state index contributed by atoms with van der Waals surface area (Å²) in [5.74, 6) is -0.349. The fourth-order valence-corrected chi connectivity index (χ4v) is 1.56. The average molecular weight is 261 g/mol. The van der Waals surface area contributed by atoms with E-state index in [9.17, 15) is 4.79 Å². The number of rotatable bonds is 10. The lowest BCUT2D eigenvalue weighted by Crippen LogP contribution is -2.49. The summed E-state index contributed by atoms with van der Waals surface area (Å²) in [6.45, 7) is 9.48. The normalized spacial score (nSPS) is 16.6. The van der Waals surface area contributed by atoms with Crippen LogP contribution in [0.25, 0.3) is 0 Å². The van der Waals surface area contributed by atoms with Gasteiger partial charge in [-0.2, -0.15) is 0 Å². The molecule has 0 aromatic heterocycles. The van der Waals surface area contributed by atoms with E-state index in [2.05, 4.69) is 19.2 Å². The van der Waals surface area contributed by atoms with Gasteiger partial charge in [0.2, 0.25) is 0 Å². The van der Waals surface area contributed by atoms with Gasteiger partial charge < -0.3 is 19.9 Å². The van der Waals surface area contributed by atoms with Crippen molar-refractivity contribution in [3.63, 3.8) is 0 Å². The highest BCUT2D eigenvalue weighted by Crippen LogP contribution is 2.14. The predicted octanol–water partition coefficient (Wildman–Crippen LogP) is 1.52. The van der Waals surface area contributed by atoms with E-state index < -0.39 is 11.5 Å². The third kappa shape index (κ3) is 6.93. The molecule has 5 nitrogen and oxygen atoms in total. The zero-order chi connectivity index (χ0) is 14.2. The molecule has 108 valence electrons. The third-order valence-electron chi connectivity index (χ3n) is 2.80. The van der Waals surface area contributed by atoms with Gasteiger partial charge in [-0.05, 0) is 26.8 Å². The van der Waals surface area contributed by atoms with Crippen LogP contribution in [-0.4, -0.2) is 49.6 Å². The molecule has 0 bridgehead atoms. The zero-order valence-electron chi connectivity index (χ0n) is 12.2. The van der Waals surface area contributed by atoms with Crippen LogP contribution in [0.4, 0.5) is 0 Å². The van der Waals surface area contributed by atoms with Gasteiger partial charge in [0, 0.05) is 13.0 Å². The largest absolute Gasteiger partial charge is 0.480 e. The summed E-state index contributed by atoms with van der Waals surface area (Å²) in [6, 6.07) is 0. The Kier molecular flexibility index (Phi) is 8.15. The number of aliphatic carboxylic acids is 1. The molecular weight excluding hydrogens is 234 g/mol. The van der Waals surface area contributed by atoms with Crippen molar-refractivity contribution in [1.29, 1.82) is 0 Å². The summed E-state index contributed by atoms with van der Waals surface area (Å²) in [5, 5.41) is 11.9. The maximum atomic E-state index is 11.1. The number of carboxylic acid groups (broad SMARTS) is 1. The van der Waals surface area contributed by atoms with E-state index in [0.29, 0.717) is 25.6 Å². The van der Waals surface area contributed by atoms with Gasteiger partial charge >= 0.3 is 5.97 Å². The minimum Gasteiger partial charge on any atom is -0.480 e. The van der Waals surface area contributed by atoms with Crippen LogP contribution in [0.3, 0.4) is 0 Å². The topological polar surface area (TPSA) is 67.8 Å². The molecule has 18 heavy (non-hydrogen) atoms. The summed E-state index contributed by atoms with van der Waals surface area (Å²) in [7, 11) is 1.65. The lowest BCUT2D eigenvalue weighted by Gasteiger charge is -2.27. The van der Waals surface area contributed by atoms with E-state index in [1.54, 1.807) is 14.0 Å². The zero-order valence-corrected chi connectivity index (χ0v) is 12.2. The summed E-state index contributed by atoms with van der Waals surface area (Å²) in [5.41, 5.74) is -0.946. The van der Waals surface area contributed by atoms with Crippen LogP contribution >= 0.6 is 0 Å². The summed E-state index contributed by atoms with van der Waals surface area (Å²) in [6.07, 6.45) is 0.296. The van der Waals surface area contributed by atoms with Gasteiger partial charge in [0.1, 0.15) is 5.54 Å². The molecule has 0 aromatic carbocycles. The van der Waals surface area contributed by atoms with E-state index in [1.165, 1.54) is 0 Å². The van der Waals surface area contributed by atoms with Crippen molar-refractivity contribution in [2.45, 2.75) is 45.8 Å². The second-order valence-corrected chi connectivity index (χ2v) is 5.24. The molecule has 0 aliphatic carbocycles. The Balaban J connectivity index is 3.83. The van der Waals surface area contributed by atoms with E-state index >= 15 is 0 Å². The fourth-order valence-electron chi connectivity index (χ4n) is 1.56. The fraction of sp³-hybridized carbons (Fsp3) is 0.923. The van der Waals surface area contributed by atoms with Crippen LogP contribution in [0.2, 0.25) is 0 Å². The molecule has 0 amide bonds. The molecule has 5 heteroatoms. The van der Waals surface area contributed by atoms with Crippen molar-refractivity contribution in [3.05, 3.63) is 0 Å². The van der Waals surface area contributed by atoms with Gasteiger partial charge in [0.15, 0.2) is 0 Å². The van der Waals surface area contributed by atoms with Crippen LogP contribution in [0.1, 0.15) is 34.1 Å². The molecule has 0 aliphatic heterocycles. The highest BCUT2D eigenvalue weighted by atomic mass is 16.5. The second kappa shape index (κ2) is 8.45. The van der Waals surface area contributed by atoms with E-state index in [1.807, 2.05) is 6.92 Å². The Morgan fingerprint density at radius 3 is 2.39 bits per heavy atom. The van der Waals surface area contributed by atoms with Crippen molar-refractivity contribution in [3.8, 4) is 0 Å². The number of nitrogens with one attached hydrogen (secondary N) is 1. The van der Waals surface area contributed by atoms with Gasteiger partial charge in [-0.3, -0.25) is 4.79 Å². The number of hydrogen-bond acceptors (Lipinski definition) is 4. The molecule has 0 fully saturated rings. The molecule has 0 aliphatic rings. The highest BCUT2D eigenvalue weighted by Gasteiger charge is 2.33. The van der Waals surface area contributed by atoms with Gasteiger partial charge in [-0.15, -0.1) is 0 Å². The third-order valence-corrected chi connectivity index (χ3v) is 2.80. The van der Waals surface area contributed by atoms with Crippen LogP contribution < -0.4 is 5.32 Å². The molecule has 0 heterocycles. The lowest BCUT2D eigenvalue weighted by molar-refractivity contribution is -0.145. The van der Waals surface area contributed by atoms with Crippen LogP contribution in [0, 0.1) is 5.92 Å². The Morgan fingerprint density at radius 2 is 1.94 bits per heavy atom. The quantitative estimate of drug-likeness (QED) is 0.584. The van der Waals surface area contributed by atoms with Gasteiger partial charge in [0.05, 0.1) is 19.3 Å². The Bertz CT molecular complexity index is 245. The number of carbonyl (C=O) groups is 1. The van der Waals surface area contributed by atoms with Crippen molar-refractivity contribution in [1.82, 2.24) is 5.32 Å². The monoisotopic (exact) mass is 261 g/mol. The molecule has 0 radical (unpaired) electrons. The van der Waals surface area contributed by atoms with Crippen molar-refractivity contribution in [2.75, 3.05) is 26.9 Å². The van der Waals surface area contributed by atoms with Crippen LogP contribution in [-0.2, 0) is 14.3 Å². The minimum absolute atomic E-state index is 0.124. The maximum absolute atomic E-state index is 11.1. The van der Waals surface area contributed by atoms with Crippen LogP contribution in [0.15, 0.2) is 0 Å². The van der Waals surface area contributed by atoms with Gasteiger partial charge in [0.25, 0.3) is 0 Å². The SMILES string of the molecule is CNC(C)(CC(C)OCCOCC(C)C)C(=O)O. The molecule has 2 N–H and O–H groups in total. The van der Waals surface area contributed by atoms with Gasteiger partial charge in [-0.1, -0.05) is 13.8 Å². The van der Waals surface area contributed by atoms with E-state index in [0.717, 1.165) is 6.61 Å². The number of likely N-dealkylation sites (N-methyl/N-ethyl adjacent to an activating group) is 1. The van der Waals surface area contributed by atoms with Crippen molar-refractivity contribution in [2.24, 2.45) is 5.92 Å². The maximum Gasteiger partial charge on any atom is 0.323 e. The first-order chi connectivity index (χ1) is 8.31. The minimum atomic E-state index is -0.946. The summed E-state index contributed by atoms with van der Waals surface area (Å²) >= 11 is 0. The molecule has 0 rings (SSSR count). The Hall–Kier alpha value is -0.650. The smallest absolute Gasteiger partial charge is 0.323 e. The summed E-state index contributed by atoms with van der Waals surface area (Å²) < 4.78 is 10.9. The number of carboxylic acids is 1. The average Bonchev–Trinajstić information content (AvgIpc) is 2.27. The van der Waals surface area contributed by atoms with E-state index in [-0.39, 0.29) is 6.10 Å². The van der Waals surface area contributed by atoms with Crippen molar-refractivity contribution < 1.29 is 19.4 Å². The Morgan fingerprint density at radius 1 is 1.33 bits per heavy atom. The summed E-state index contributed by atoms with van der Waals surface area (Å²) in [4.78, 5) is 11.1. The Labute approximate surface area is 110 Å². The molecule has 2 unspecified atom stereocenters. The molecule has 0 aromatic rings. The highest BCUT2D eigenvalue weighted by molar-refractivity contribution is 5.78. The predicted molar refractivity (Wildman–Crippen MR) is 70.8 cm³/mol. The number of hydrogen-bond donors (Lipinski definition) is 2. The molecule has 0 spiro atoms. The molecule has 0 saturated heterocycles. The molecule has 0 saturated carbocycles. The lowest BCUT2D eigenvalue weighted by atomic mass is 9.95. The van der Waals surface area contributed by atoms with Crippen molar-refractivity contribution >= 4 is 5.97 Å². The standard InChI is InChI=1S/C13H27NO4/c1-10(2)9-17-6-7-18-11(3)8-13(4,14-5)12(15)16/h10-11,14H,6-9H2,1-5H3,(H,15,16). The first-order valence-corrected chi connectivity index (χ1v) is 6.43. The number of ether oxygens (including phenoxy) is 2. The van der Waals surface area contributed by atoms with E-state index in [4.69, 9.17) is 14.6 Å². The molecular formula is C13H27NO4. The molecule has 2 atom stereocenters. The van der Waals surface area contributed by atoms with Crippen LogP contribution in [0.5, 0.6) is 0 Å².